The molecule has 4 nitrogen and oxygen atoms in total. The fraction of sp³-hybridized carbons (Fsp3) is 0.923. The van der Waals surface area contributed by atoms with Gasteiger partial charge in [-0.1, -0.05) is 6.92 Å². The highest BCUT2D eigenvalue weighted by atomic mass is 19.4. The molecule has 118 valence electrons. The number of carbonyl (C=O) groups excluding carboxylic acids is 1. The molecule has 2 unspecified atom stereocenters. The van der Waals surface area contributed by atoms with E-state index in [-0.39, 0.29) is 18.7 Å². The fourth-order valence-corrected chi connectivity index (χ4v) is 2.66. The van der Waals surface area contributed by atoms with Crippen molar-refractivity contribution in [2.45, 2.75) is 56.8 Å². The molecule has 0 amide bonds. The SMILES string of the molecule is CCNC1(C(=O)OC)CCCC(OCCC(F)(F)F)C1. The van der Waals surface area contributed by atoms with E-state index in [0.717, 1.165) is 6.42 Å². The number of hydrogen-bond donors (Lipinski definition) is 1. The molecule has 1 saturated carbocycles. The Balaban J connectivity index is 2.56. The molecule has 0 aliphatic heterocycles. The van der Waals surface area contributed by atoms with Crippen molar-refractivity contribution in [1.29, 1.82) is 0 Å². The topological polar surface area (TPSA) is 47.6 Å². The Labute approximate surface area is 117 Å². The smallest absolute Gasteiger partial charge is 0.391 e. The molecule has 0 aromatic rings. The van der Waals surface area contributed by atoms with Crippen LogP contribution in [0, 0.1) is 0 Å². The number of rotatable bonds is 6. The van der Waals surface area contributed by atoms with Gasteiger partial charge >= 0.3 is 12.1 Å². The number of hydrogen-bond acceptors (Lipinski definition) is 4. The van der Waals surface area contributed by atoms with Gasteiger partial charge in [-0.15, -0.1) is 0 Å². The van der Waals surface area contributed by atoms with E-state index in [4.69, 9.17) is 9.47 Å². The number of methoxy groups -OCH3 is 1. The summed E-state index contributed by atoms with van der Waals surface area (Å²) in [6, 6.07) is 0. The van der Waals surface area contributed by atoms with Gasteiger partial charge < -0.3 is 14.8 Å². The molecule has 7 heteroatoms. The second-order valence-corrected chi connectivity index (χ2v) is 5.06. The van der Waals surface area contributed by atoms with Gasteiger partial charge in [-0.2, -0.15) is 13.2 Å². The van der Waals surface area contributed by atoms with Gasteiger partial charge in [0.25, 0.3) is 0 Å². The average Bonchev–Trinajstić information content (AvgIpc) is 2.37. The van der Waals surface area contributed by atoms with E-state index in [1.807, 2.05) is 6.92 Å². The minimum Gasteiger partial charge on any atom is -0.468 e. The standard InChI is InChI=1S/C13H22F3NO3/c1-3-17-12(11(18)19-2)6-4-5-10(9-12)20-8-7-13(14,15)16/h10,17H,3-9H2,1-2H3. The van der Waals surface area contributed by atoms with Gasteiger partial charge in [0.15, 0.2) is 0 Å². The average molecular weight is 297 g/mol. The molecule has 1 aliphatic carbocycles. The van der Waals surface area contributed by atoms with Gasteiger partial charge in [-0.3, -0.25) is 4.79 Å². The predicted molar refractivity (Wildman–Crippen MR) is 67.3 cm³/mol. The van der Waals surface area contributed by atoms with Gasteiger partial charge in [0, 0.05) is 6.42 Å². The first-order chi connectivity index (χ1) is 9.33. The van der Waals surface area contributed by atoms with Crippen LogP contribution in [-0.2, 0) is 14.3 Å². The highest BCUT2D eigenvalue weighted by molar-refractivity contribution is 5.81. The van der Waals surface area contributed by atoms with E-state index >= 15 is 0 Å². The maximum absolute atomic E-state index is 12.1. The molecule has 0 saturated heterocycles. The Hall–Kier alpha value is -0.820. The fourth-order valence-electron chi connectivity index (χ4n) is 2.66. The van der Waals surface area contributed by atoms with E-state index < -0.39 is 18.1 Å². The Morgan fingerprint density at radius 2 is 2.15 bits per heavy atom. The Morgan fingerprint density at radius 1 is 1.45 bits per heavy atom. The molecule has 1 rings (SSSR count). The molecular weight excluding hydrogens is 275 g/mol. The molecule has 20 heavy (non-hydrogen) atoms. The first kappa shape index (κ1) is 17.2. The first-order valence-electron chi connectivity index (χ1n) is 6.85. The Bertz CT molecular complexity index is 318. The summed E-state index contributed by atoms with van der Waals surface area (Å²) in [5.74, 6) is -0.372. The lowest BCUT2D eigenvalue weighted by molar-refractivity contribution is -0.159. The first-order valence-corrected chi connectivity index (χ1v) is 6.85. The van der Waals surface area contributed by atoms with Crippen molar-refractivity contribution >= 4 is 5.97 Å². The number of likely N-dealkylation sites (N-methyl/N-ethyl adjacent to an activating group) is 1. The van der Waals surface area contributed by atoms with E-state index in [1.165, 1.54) is 7.11 Å². The number of halogens is 3. The second kappa shape index (κ2) is 7.26. The van der Waals surface area contributed by atoms with Crippen LogP contribution >= 0.6 is 0 Å². The zero-order valence-corrected chi connectivity index (χ0v) is 11.9. The minimum absolute atomic E-state index is 0.343. The highest BCUT2D eigenvalue weighted by Gasteiger charge is 2.43. The number of alkyl halides is 3. The summed E-state index contributed by atoms with van der Waals surface area (Å²) in [4.78, 5) is 11.9. The highest BCUT2D eigenvalue weighted by Crippen LogP contribution is 2.32. The van der Waals surface area contributed by atoms with Crippen molar-refractivity contribution in [2.24, 2.45) is 0 Å². The predicted octanol–water partition coefficient (Wildman–Crippen LogP) is 2.42. The monoisotopic (exact) mass is 297 g/mol. The maximum Gasteiger partial charge on any atom is 0.391 e. The molecule has 2 atom stereocenters. The quantitative estimate of drug-likeness (QED) is 0.765. The molecule has 0 aromatic heterocycles. The van der Waals surface area contributed by atoms with Crippen LogP contribution in [0.3, 0.4) is 0 Å². The van der Waals surface area contributed by atoms with Crippen molar-refractivity contribution < 1.29 is 27.4 Å². The summed E-state index contributed by atoms with van der Waals surface area (Å²) < 4.78 is 46.4. The van der Waals surface area contributed by atoms with E-state index in [1.54, 1.807) is 0 Å². The number of carbonyl (C=O) groups is 1. The normalized spacial score (nSPS) is 27.4. The Morgan fingerprint density at radius 3 is 2.70 bits per heavy atom. The lowest BCUT2D eigenvalue weighted by atomic mass is 9.80. The summed E-state index contributed by atoms with van der Waals surface area (Å²) in [6.07, 6.45) is -3.16. The van der Waals surface area contributed by atoms with Crippen LogP contribution in [-0.4, -0.2) is 44.0 Å². The molecule has 0 bridgehead atoms. The molecule has 0 aromatic carbocycles. The van der Waals surface area contributed by atoms with Crippen LogP contribution in [0.4, 0.5) is 13.2 Å². The van der Waals surface area contributed by atoms with E-state index in [2.05, 4.69) is 5.32 Å². The third kappa shape index (κ3) is 4.94. The second-order valence-electron chi connectivity index (χ2n) is 5.06. The van der Waals surface area contributed by atoms with Crippen LogP contribution in [0.15, 0.2) is 0 Å². The molecule has 0 radical (unpaired) electrons. The molecule has 1 aliphatic rings. The maximum atomic E-state index is 12.1. The zero-order valence-electron chi connectivity index (χ0n) is 11.9. The van der Waals surface area contributed by atoms with Crippen molar-refractivity contribution in [3.05, 3.63) is 0 Å². The molecule has 0 heterocycles. The zero-order chi connectivity index (χ0) is 15.2. The summed E-state index contributed by atoms with van der Waals surface area (Å²) in [7, 11) is 1.32. The summed E-state index contributed by atoms with van der Waals surface area (Å²) >= 11 is 0. The van der Waals surface area contributed by atoms with Crippen LogP contribution in [0.25, 0.3) is 0 Å². The van der Waals surface area contributed by atoms with Gasteiger partial charge in [-0.25, -0.2) is 0 Å². The molecule has 0 spiro atoms. The van der Waals surface area contributed by atoms with Gasteiger partial charge in [-0.05, 0) is 25.8 Å². The van der Waals surface area contributed by atoms with Gasteiger partial charge in [0.2, 0.25) is 0 Å². The van der Waals surface area contributed by atoms with Crippen LogP contribution in [0.5, 0.6) is 0 Å². The van der Waals surface area contributed by atoms with Crippen molar-refractivity contribution in [3.63, 3.8) is 0 Å². The summed E-state index contributed by atoms with van der Waals surface area (Å²) in [6.45, 7) is 2.10. The van der Waals surface area contributed by atoms with Crippen LogP contribution in [0.1, 0.15) is 39.0 Å². The Kier molecular flexibility index (Phi) is 6.26. The molecular formula is C13H22F3NO3. The number of nitrogens with one attached hydrogen (secondary N) is 1. The van der Waals surface area contributed by atoms with Crippen molar-refractivity contribution in [2.75, 3.05) is 20.3 Å². The largest absolute Gasteiger partial charge is 0.468 e. The number of ether oxygens (including phenoxy) is 2. The molecule has 1 N–H and O–H groups in total. The van der Waals surface area contributed by atoms with Crippen molar-refractivity contribution in [3.8, 4) is 0 Å². The number of esters is 1. The summed E-state index contributed by atoms with van der Waals surface area (Å²) in [5.41, 5.74) is -0.829. The molecule has 1 fully saturated rings. The third-order valence-electron chi connectivity index (χ3n) is 3.54. The summed E-state index contributed by atoms with van der Waals surface area (Å²) in [5, 5.41) is 3.11. The van der Waals surface area contributed by atoms with E-state index in [0.29, 0.717) is 25.8 Å². The lowest BCUT2D eigenvalue weighted by Gasteiger charge is -2.39. The van der Waals surface area contributed by atoms with Gasteiger partial charge in [0.1, 0.15) is 5.54 Å². The van der Waals surface area contributed by atoms with Gasteiger partial charge in [0.05, 0.1) is 26.2 Å². The van der Waals surface area contributed by atoms with Crippen LogP contribution in [0.2, 0.25) is 0 Å². The van der Waals surface area contributed by atoms with Crippen molar-refractivity contribution in [1.82, 2.24) is 5.32 Å². The minimum atomic E-state index is -4.21. The lowest BCUT2D eigenvalue weighted by Crippen LogP contribution is -2.56. The third-order valence-corrected chi connectivity index (χ3v) is 3.54. The van der Waals surface area contributed by atoms with E-state index in [9.17, 15) is 18.0 Å². The van der Waals surface area contributed by atoms with Crippen LogP contribution < -0.4 is 5.32 Å².